The monoisotopic (exact) mass is 683 g/mol. The van der Waals surface area contributed by atoms with Crippen molar-refractivity contribution < 1.29 is 32.5 Å². The van der Waals surface area contributed by atoms with Gasteiger partial charge in [0.25, 0.3) is 11.5 Å². The Hall–Kier alpha value is -2.93. The molecule has 6 rings (SSSR count). The van der Waals surface area contributed by atoms with Gasteiger partial charge in [-0.05, 0) is 72.9 Å². The molecule has 1 unspecified atom stereocenters. The zero-order valence-corrected chi connectivity index (χ0v) is 25.9. The first kappa shape index (κ1) is 31.1. The summed E-state index contributed by atoms with van der Waals surface area (Å²) in [6.07, 6.45) is -3.98. The van der Waals surface area contributed by atoms with Gasteiger partial charge in [0.15, 0.2) is 0 Å². The number of halogens is 7. The van der Waals surface area contributed by atoms with Crippen molar-refractivity contribution in [1.82, 2.24) is 9.72 Å². The van der Waals surface area contributed by atoms with Crippen molar-refractivity contribution in [3.8, 4) is 0 Å². The van der Waals surface area contributed by atoms with Gasteiger partial charge in [-0.1, -0.05) is 57.6 Å². The van der Waals surface area contributed by atoms with E-state index >= 15 is 0 Å². The number of carbonyl (C=O) groups is 1. The quantitative estimate of drug-likeness (QED) is 0.175. The summed E-state index contributed by atoms with van der Waals surface area (Å²) in [7, 11) is -1.12. The van der Waals surface area contributed by atoms with Crippen molar-refractivity contribution in [2.45, 2.75) is 44.2 Å². The number of fused-ring (bicyclic) bond motifs is 2. The number of carbonyl (C=O) groups excluding carboxylic acids is 1. The third kappa shape index (κ3) is 5.03. The zero-order valence-electron chi connectivity index (χ0n) is 22.9. The van der Waals surface area contributed by atoms with Crippen molar-refractivity contribution in [3.05, 3.63) is 103 Å². The number of hydrogen-bond acceptors (Lipinski definition) is 5. The maximum absolute atomic E-state index is 14.6. The van der Waals surface area contributed by atoms with Crippen molar-refractivity contribution >= 4 is 76.1 Å². The van der Waals surface area contributed by atoms with Crippen LogP contribution in [0.1, 0.15) is 53.0 Å². The van der Waals surface area contributed by atoms with E-state index in [0.717, 1.165) is 17.7 Å². The molecule has 0 fully saturated rings. The summed E-state index contributed by atoms with van der Waals surface area (Å²) >= 11 is 24.5. The van der Waals surface area contributed by atoms with Crippen LogP contribution in [-0.2, 0) is 27.2 Å². The lowest BCUT2D eigenvalue weighted by molar-refractivity contribution is -0.275. The maximum Gasteiger partial charge on any atom is 0.492 e. The molecular weight excluding hydrogens is 664 g/mol. The van der Waals surface area contributed by atoms with Gasteiger partial charge in [-0.25, -0.2) is 0 Å². The van der Waals surface area contributed by atoms with E-state index in [2.05, 4.69) is 10.5 Å². The third-order valence-electron chi connectivity index (χ3n) is 7.85. The van der Waals surface area contributed by atoms with E-state index in [1.54, 1.807) is 34.9 Å². The summed E-state index contributed by atoms with van der Waals surface area (Å²) in [5.41, 5.74) is -1.06. The number of nitrogens with one attached hydrogen (secondary N) is 1. The van der Waals surface area contributed by atoms with Crippen LogP contribution >= 0.6 is 46.4 Å². The van der Waals surface area contributed by atoms with Crippen LogP contribution in [0.2, 0.25) is 20.1 Å². The molecule has 2 aliphatic rings. The van der Waals surface area contributed by atoms with E-state index in [1.807, 2.05) is 13.8 Å². The van der Waals surface area contributed by atoms with E-state index in [0.29, 0.717) is 21.6 Å². The smallest absolute Gasteiger partial charge is 0.423 e. The maximum atomic E-state index is 14.6. The first-order valence-electron chi connectivity index (χ1n) is 13.2. The predicted octanol–water partition coefficient (Wildman–Crippen LogP) is 7.02. The minimum atomic E-state index is -4.90. The zero-order chi connectivity index (χ0) is 31.8. The highest BCUT2D eigenvalue weighted by atomic mass is 35.5. The molecule has 228 valence electrons. The Morgan fingerprint density at radius 2 is 1.80 bits per heavy atom. The standard InChI is InChI=1S/C29H21BCl4F3N3O4/c1-27(2)17-11-19(31)14(8-18(17)30(42)43-27)13-38-26(41)16-5-6-24(40-7-3-4-23(16)40)22-12-28(44-39-22,29(35,36)37)15-9-20(32)25(34)21(33)10-15/h3-11,42H,12-13H2,1-2H3,(H,38,41). The van der Waals surface area contributed by atoms with Gasteiger partial charge >= 0.3 is 13.3 Å². The van der Waals surface area contributed by atoms with Gasteiger partial charge in [-0.15, -0.1) is 0 Å². The lowest BCUT2D eigenvalue weighted by atomic mass is 9.77. The van der Waals surface area contributed by atoms with Crippen LogP contribution in [0.25, 0.3) is 5.52 Å². The molecule has 1 amide bonds. The summed E-state index contributed by atoms with van der Waals surface area (Å²) in [6.45, 7) is 3.69. The SMILES string of the molecule is CC1(C)OB(O)c2cc(CNC(=O)c3ccc(C4=NOC(c5cc(Cl)c(Cl)c(Cl)c5)(C(F)(F)F)C4)n4cccc34)c(Cl)cc21. The second-order valence-electron chi connectivity index (χ2n) is 11.0. The molecule has 0 radical (unpaired) electrons. The van der Waals surface area contributed by atoms with Gasteiger partial charge in [-0.3, -0.25) is 4.79 Å². The first-order chi connectivity index (χ1) is 20.6. The molecule has 2 aromatic carbocycles. The van der Waals surface area contributed by atoms with Gasteiger partial charge in [0, 0.05) is 23.3 Å². The van der Waals surface area contributed by atoms with E-state index in [9.17, 15) is 23.0 Å². The fourth-order valence-corrected chi connectivity index (χ4v) is 6.40. The van der Waals surface area contributed by atoms with Gasteiger partial charge in [0.1, 0.15) is 5.71 Å². The molecule has 7 nitrogen and oxygen atoms in total. The number of hydrogen-bond donors (Lipinski definition) is 2. The molecule has 2 aliphatic heterocycles. The Labute approximate surface area is 269 Å². The fourth-order valence-electron chi connectivity index (χ4n) is 5.57. The van der Waals surface area contributed by atoms with E-state index < -0.39 is 36.8 Å². The normalized spacial score (nSPS) is 19.2. The van der Waals surface area contributed by atoms with Gasteiger partial charge in [0.05, 0.1) is 43.9 Å². The van der Waals surface area contributed by atoms with Gasteiger partial charge in [-0.2, -0.15) is 13.2 Å². The predicted molar refractivity (Wildman–Crippen MR) is 163 cm³/mol. The van der Waals surface area contributed by atoms with Crippen LogP contribution in [-0.4, -0.2) is 34.3 Å². The fraction of sp³-hybridized carbons (Fsp3) is 0.241. The molecule has 4 heterocycles. The van der Waals surface area contributed by atoms with E-state index in [4.69, 9.17) is 55.9 Å². The molecule has 0 saturated heterocycles. The molecule has 1 atom stereocenters. The van der Waals surface area contributed by atoms with Crippen molar-refractivity contribution in [1.29, 1.82) is 0 Å². The number of rotatable bonds is 5. The van der Waals surface area contributed by atoms with Crippen LogP contribution < -0.4 is 10.8 Å². The third-order valence-corrected chi connectivity index (χ3v) is 9.40. The Morgan fingerprint density at radius 3 is 2.48 bits per heavy atom. The molecule has 2 N–H and O–H groups in total. The van der Waals surface area contributed by atoms with Gasteiger partial charge < -0.3 is 24.2 Å². The van der Waals surface area contributed by atoms with Crippen molar-refractivity contribution in [2.24, 2.45) is 5.16 Å². The molecule has 15 heteroatoms. The van der Waals surface area contributed by atoms with Gasteiger partial charge in [0.2, 0.25) is 0 Å². The minimum absolute atomic E-state index is 0.00805. The molecule has 0 bridgehead atoms. The highest BCUT2D eigenvalue weighted by Crippen LogP contribution is 2.50. The molecule has 0 aliphatic carbocycles. The summed E-state index contributed by atoms with van der Waals surface area (Å²) in [5.74, 6) is -0.450. The van der Waals surface area contributed by atoms with Crippen LogP contribution in [0.5, 0.6) is 0 Å². The van der Waals surface area contributed by atoms with Crippen molar-refractivity contribution in [3.63, 3.8) is 0 Å². The number of pyridine rings is 1. The minimum Gasteiger partial charge on any atom is -0.423 e. The van der Waals surface area contributed by atoms with Crippen molar-refractivity contribution in [2.75, 3.05) is 0 Å². The van der Waals surface area contributed by atoms with Crippen LogP contribution in [0.4, 0.5) is 13.2 Å². The lowest BCUT2D eigenvalue weighted by Crippen LogP contribution is -2.42. The molecular formula is C29H21BCl4F3N3O4. The second-order valence-corrected chi connectivity index (χ2v) is 12.6. The van der Waals surface area contributed by atoms with E-state index in [-0.39, 0.29) is 44.1 Å². The summed E-state index contributed by atoms with van der Waals surface area (Å²) < 4.78 is 50.8. The highest BCUT2D eigenvalue weighted by molar-refractivity contribution is 6.62. The summed E-state index contributed by atoms with van der Waals surface area (Å²) in [4.78, 5) is 18.4. The topological polar surface area (TPSA) is 84.6 Å². The number of benzene rings is 2. The summed E-state index contributed by atoms with van der Waals surface area (Å²) in [6, 6.07) is 11.8. The molecule has 2 aromatic heterocycles. The van der Waals surface area contributed by atoms with E-state index in [1.165, 1.54) is 12.1 Å². The highest BCUT2D eigenvalue weighted by Gasteiger charge is 2.62. The second kappa shape index (κ2) is 10.9. The Balaban J connectivity index is 1.27. The molecule has 0 saturated carbocycles. The average Bonchev–Trinajstić information content (AvgIpc) is 3.67. The molecule has 4 aromatic rings. The number of nitrogens with zero attached hydrogens (tertiary/aromatic N) is 2. The Kier molecular flexibility index (Phi) is 7.67. The Morgan fingerprint density at radius 1 is 1.09 bits per heavy atom. The van der Waals surface area contributed by atoms with Crippen LogP contribution in [0, 0.1) is 0 Å². The molecule has 0 spiro atoms. The van der Waals surface area contributed by atoms with Crippen LogP contribution in [0.15, 0.2) is 59.9 Å². The number of aromatic nitrogens is 1. The number of amides is 1. The number of alkyl halides is 3. The Bertz CT molecular complexity index is 1860. The average molecular weight is 685 g/mol. The molecule has 44 heavy (non-hydrogen) atoms. The van der Waals surface area contributed by atoms with Crippen LogP contribution in [0.3, 0.4) is 0 Å². The number of oxime groups is 1. The first-order valence-corrected chi connectivity index (χ1v) is 14.7. The lowest BCUT2D eigenvalue weighted by Gasteiger charge is -2.30. The summed E-state index contributed by atoms with van der Waals surface area (Å²) in [5, 5.41) is 17.0. The largest absolute Gasteiger partial charge is 0.492 e.